The van der Waals surface area contributed by atoms with Crippen LogP contribution in [0.1, 0.15) is 18.4 Å². The first-order valence-corrected chi connectivity index (χ1v) is 7.98. The van der Waals surface area contributed by atoms with E-state index < -0.39 is 0 Å². The molecule has 0 radical (unpaired) electrons. The molecule has 0 saturated carbocycles. The maximum Gasteiger partial charge on any atom is 0.317 e. The van der Waals surface area contributed by atoms with Crippen LogP contribution in [0.25, 0.3) is 0 Å². The summed E-state index contributed by atoms with van der Waals surface area (Å²) in [7, 11) is 1.65. The zero-order valence-corrected chi connectivity index (χ0v) is 13.2. The quantitative estimate of drug-likeness (QED) is 0.735. The van der Waals surface area contributed by atoms with Crippen molar-refractivity contribution in [1.82, 2.24) is 10.2 Å². The highest BCUT2D eigenvalue weighted by molar-refractivity contribution is 7.99. The van der Waals surface area contributed by atoms with E-state index >= 15 is 0 Å². The van der Waals surface area contributed by atoms with Crippen molar-refractivity contribution in [2.24, 2.45) is 10.1 Å². The van der Waals surface area contributed by atoms with Crippen molar-refractivity contribution in [3.05, 3.63) is 23.8 Å². The van der Waals surface area contributed by atoms with Gasteiger partial charge in [-0.15, -0.1) is 0 Å². The van der Waals surface area contributed by atoms with Gasteiger partial charge in [-0.05, 0) is 25.0 Å². The minimum atomic E-state index is -0.0552. The smallest absolute Gasteiger partial charge is 0.317 e. The molecule has 1 atom stereocenters. The number of fused-ring (bicyclic) bond motifs is 1. The molecule has 8 heteroatoms. The zero-order chi connectivity index (χ0) is 15.5. The number of nitrogens with zero attached hydrogens (tertiary/aromatic N) is 2. The van der Waals surface area contributed by atoms with Gasteiger partial charge in [-0.2, -0.15) is 4.40 Å². The molecule has 1 fully saturated rings. The van der Waals surface area contributed by atoms with Crippen LogP contribution in [0.3, 0.4) is 0 Å². The number of likely N-dealkylation sites (tertiary alicyclic amines) is 1. The zero-order valence-electron chi connectivity index (χ0n) is 12.3. The Bertz CT molecular complexity index is 607. The van der Waals surface area contributed by atoms with Crippen molar-refractivity contribution in [2.45, 2.75) is 18.9 Å². The number of nitrogens with one attached hydrogen (secondary N) is 2. The minimum absolute atomic E-state index is 0.0552. The lowest BCUT2D eigenvalue weighted by Crippen LogP contribution is -2.43. The van der Waals surface area contributed by atoms with Crippen LogP contribution in [-0.4, -0.2) is 43.0 Å². The average molecular weight is 321 g/mol. The number of ether oxygens (including phenoxy) is 1. The Kier molecular flexibility index (Phi) is 4.28. The third kappa shape index (κ3) is 2.78. The second-order valence-electron chi connectivity index (χ2n) is 5.20. The molecular formula is C14H19N5O2S. The Morgan fingerprint density at radius 2 is 2.50 bits per heavy atom. The highest BCUT2D eigenvalue weighted by Crippen LogP contribution is 2.32. The van der Waals surface area contributed by atoms with Crippen molar-refractivity contribution in [1.29, 1.82) is 0 Å². The monoisotopic (exact) mass is 321 g/mol. The van der Waals surface area contributed by atoms with Gasteiger partial charge in [0.05, 0.1) is 29.4 Å². The average Bonchev–Trinajstić information content (AvgIpc) is 3.00. The number of urea groups is 1. The summed E-state index contributed by atoms with van der Waals surface area (Å²) in [6.07, 6.45) is 1.94. The van der Waals surface area contributed by atoms with Crippen LogP contribution in [0, 0.1) is 0 Å². The molecule has 0 aromatic heterocycles. The molecule has 2 aliphatic rings. The lowest BCUT2D eigenvalue weighted by atomic mass is 10.1. The van der Waals surface area contributed by atoms with Crippen LogP contribution in [0.4, 0.5) is 10.5 Å². The van der Waals surface area contributed by atoms with Crippen LogP contribution in [0.5, 0.6) is 5.75 Å². The minimum Gasteiger partial charge on any atom is -0.491 e. The Balaban J connectivity index is 1.73. The van der Waals surface area contributed by atoms with Gasteiger partial charge in [-0.3, -0.25) is 0 Å². The Morgan fingerprint density at radius 1 is 1.64 bits per heavy atom. The highest BCUT2D eigenvalue weighted by atomic mass is 32.2. The van der Waals surface area contributed by atoms with E-state index in [-0.39, 0.29) is 12.1 Å². The Hall–Kier alpha value is -2.09. The molecule has 4 N–H and O–H groups in total. The summed E-state index contributed by atoms with van der Waals surface area (Å²) in [4.78, 5) is 13.6. The second-order valence-corrected chi connectivity index (χ2v) is 5.77. The molecule has 1 unspecified atom stereocenters. The fourth-order valence-corrected chi connectivity index (χ4v) is 3.28. The summed E-state index contributed by atoms with van der Waals surface area (Å²) >= 11 is 1.20. The predicted octanol–water partition coefficient (Wildman–Crippen LogP) is 1.56. The van der Waals surface area contributed by atoms with Crippen LogP contribution >= 0.6 is 12.1 Å². The summed E-state index contributed by atoms with van der Waals surface area (Å²) in [5.41, 5.74) is 7.64. The summed E-state index contributed by atoms with van der Waals surface area (Å²) in [5.74, 6) is 1.14. The number of rotatable bonds is 3. The number of nitrogens with two attached hydrogens (primary N) is 1. The molecule has 3 rings (SSSR count). The number of amides is 2. The van der Waals surface area contributed by atoms with E-state index in [0.29, 0.717) is 18.2 Å². The number of anilines is 1. The van der Waals surface area contributed by atoms with Gasteiger partial charge in [0, 0.05) is 13.6 Å². The van der Waals surface area contributed by atoms with Crippen molar-refractivity contribution >= 4 is 29.7 Å². The number of carbonyl (C=O) groups excluding carboxylic acids is 1. The fourth-order valence-electron chi connectivity index (χ4n) is 2.77. The number of carbonyl (C=O) groups is 1. The van der Waals surface area contributed by atoms with Gasteiger partial charge in [0.1, 0.15) is 18.2 Å². The summed E-state index contributed by atoms with van der Waals surface area (Å²) in [6, 6.07) is 5.74. The summed E-state index contributed by atoms with van der Waals surface area (Å²) in [6.45, 7) is 1.21. The molecule has 2 aliphatic heterocycles. The lowest BCUT2D eigenvalue weighted by Gasteiger charge is -2.25. The standard InChI is InChI=1S/C14H19N5O2S/c1-16-14(20)19-7-3-4-9(19)8-21-11-6-2-5-10-12(11)13(15)18-22-17-10/h2,5-6,9,17H,3-4,7-8H2,1H3,(H2,15,18)(H,16,20). The lowest BCUT2D eigenvalue weighted by molar-refractivity contribution is 0.167. The largest absolute Gasteiger partial charge is 0.491 e. The molecule has 2 amide bonds. The van der Waals surface area contributed by atoms with Gasteiger partial charge >= 0.3 is 6.03 Å². The molecule has 7 nitrogen and oxygen atoms in total. The summed E-state index contributed by atoms with van der Waals surface area (Å²) < 4.78 is 13.2. The number of benzene rings is 1. The SMILES string of the molecule is CNC(=O)N1CCCC1COc1cccc2c1C(N)=NSN2. The van der Waals surface area contributed by atoms with E-state index in [0.717, 1.165) is 30.6 Å². The van der Waals surface area contributed by atoms with Crippen molar-refractivity contribution in [2.75, 3.05) is 24.9 Å². The van der Waals surface area contributed by atoms with Gasteiger partial charge in [0.2, 0.25) is 0 Å². The number of hydrogen-bond acceptors (Lipinski definition) is 6. The summed E-state index contributed by atoms with van der Waals surface area (Å²) in [5, 5.41) is 2.67. The van der Waals surface area contributed by atoms with Crippen LogP contribution < -0.4 is 20.5 Å². The van der Waals surface area contributed by atoms with Crippen molar-refractivity contribution < 1.29 is 9.53 Å². The second kappa shape index (κ2) is 6.35. The van der Waals surface area contributed by atoms with Gasteiger partial charge in [0.15, 0.2) is 0 Å². The number of hydrogen-bond donors (Lipinski definition) is 3. The molecule has 22 heavy (non-hydrogen) atoms. The van der Waals surface area contributed by atoms with Gasteiger partial charge in [-0.1, -0.05) is 6.07 Å². The van der Waals surface area contributed by atoms with Gasteiger partial charge in [-0.25, -0.2) is 4.79 Å². The van der Waals surface area contributed by atoms with E-state index in [4.69, 9.17) is 10.5 Å². The molecule has 2 heterocycles. The molecule has 0 bridgehead atoms. The Morgan fingerprint density at radius 3 is 3.32 bits per heavy atom. The molecule has 0 aliphatic carbocycles. The number of amidine groups is 1. The third-order valence-corrected chi connectivity index (χ3v) is 4.46. The first-order valence-electron chi connectivity index (χ1n) is 7.20. The van der Waals surface area contributed by atoms with E-state index in [1.54, 1.807) is 7.05 Å². The maximum atomic E-state index is 11.8. The first kappa shape index (κ1) is 14.8. The van der Waals surface area contributed by atoms with E-state index in [9.17, 15) is 4.79 Å². The Labute approximate surface area is 133 Å². The predicted molar refractivity (Wildman–Crippen MR) is 88.1 cm³/mol. The fraction of sp³-hybridized carbons (Fsp3) is 0.429. The molecule has 118 valence electrons. The van der Waals surface area contributed by atoms with Crippen LogP contribution in [-0.2, 0) is 0 Å². The molecule has 0 spiro atoms. The van der Waals surface area contributed by atoms with Crippen LogP contribution in [0.2, 0.25) is 0 Å². The van der Waals surface area contributed by atoms with Gasteiger partial charge < -0.3 is 25.4 Å². The topological polar surface area (TPSA) is 92.0 Å². The first-order chi connectivity index (χ1) is 10.7. The van der Waals surface area contributed by atoms with Gasteiger partial charge in [0.25, 0.3) is 0 Å². The molecule has 1 saturated heterocycles. The molecular weight excluding hydrogens is 302 g/mol. The van der Waals surface area contributed by atoms with E-state index in [2.05, 4.69) is 14.4 Å². The third-order valence-electron chi connectivity index (χ3n) is 3.87. The molecule has 1 aromatic carbocycles. The van der Waals surface area contributed by atoms with Crippen molar-refractivity contribution in [3.8, 4) is 5.75 Å². The molecule has 1 aromatic rings. The normalized spacial score (nSPS) is 20.0. The van der Waals surface area contributed by atoms with E-state index in [1.807, 2.05) is 23.1 Å². The van der Waals surface area contributed by atoms with Crippen molar-refractivity contribution in [3.63, 3.8) is 0 Å². The van der Waals surface area contributed by atoms with Crippen LogP contribution in [0.15, 0.2) is 22.6 Å². The maximum absolute atomic E-state index is 11.8. The highest BCUT2D eigenvalue weighted by Gasteiger charge is 2.29. The van der Waals surface area contributed by atoms with E-state index in [1.165, 1.54) is 12.1 Å².